The zero-order valence-corrected chi connectivity index (χ0v) is 10.4. The molecule has 0 aromatic carbocycles. The van der Waals surface area contributed by atoms with Crippen LogP contribution in [0.4, 0.5) is 0 Å². The van der Waals surface area contributed by atoms with Crippen LogP contribution in [0.1, 0.15) is 20.8 Å². The summed E-state index contributed by atoms with van der Waals surface area (Å²) in [5.41, 5.74) is 1.64. The van der Waals surface area contributed by atoms with Gasteiger partial charge in [0.2, 0.25) is 5.78 Å². The van der Waals surface area contributed by atoms with E-state index in [9.17, 15) is 4.79 Å². The number of pyridine rings is 1. The predicted molar refractivity (Wildman–Crippen MR) is 64.4 cm³/mol. The molecule has 0 N–H and O–H groups in total. The SMILES string of the molecule is Cc1cncc(C(=O)c2cc(Br)cs2)c1. The fourth-order valence-corrected chi connectivity index (χ4v) is 2.64. The smallest absolute Gasteiger partial charge is 0.204 e. The van der Waals surface area contributed by atoms with Crippen molar-refractivity contribution in [1.82, 2.24) is 4.98 Å². The largest absolute Gasteiger partial charge is 0.288 e. The van der Waals surface area contributed by atoms with E-state index in [1.54, 1.807) is 12.4 Å². The van der Waals surface area contributed by atoms with Gasteiger partial charge < -0.3 is 0 Å². The molecule has 0 unspecified atom stereocenters. The minimum Gasteiger partial charge on any atom is -0.288 e. The van der Waals surface area contributed by atoms with Crippen LogP contribution in [0.25, 0.3) is 0 Å². The Balaban J connectivity index is 2.36. The van der Waals surface area contributed by atoms with E-state index in [-0.39, 0.29) is 5.78 Å². The second-order valence-corrected chi connectivity index (χ2v) is 5.04. The molecule has 0 bridgehead atoms. The quantitative estimate of drug-likeness (QED) is 0.790. The van der Waals surface area contributed by atoms with Gasteiger partial charge in [-0.1, -0.05) is 0 Å². The molecule has 0 saturated carbocycles. The molecule has 0 aliphatic heterocycles. The van der Waals surface area contributed by atoms with Crippen molar-refractivity contribution in [3.63, 3.8) is 0 Å². The maximum atomic E-state index is 12.0. The molecule has 0 amide bonds. The van der Waals surface area contributed by atoms with Crippen LogP contribution in [0.3, 0.4) is 0 Å². The second kappa shape index (κ2) is 4.24. The number of hydrogen-bond acceptors (Lipinski definition) is 3. The molecule has 4 heteroatoms. The highest BCUT2D eigenvalue weighted by molar-refractivity contribution is 9.10. The number of rotatable bonds is 2. The van der Waals surface area contributed by atoms with E-state index in [1.165, 1.54) is 11.3 Å². The Hall–Kier alpha value is -1.000. The summed E-state index contributed by atoms with van der Waals surface area (Å²) in [5.74, 6) is 0.0295. The second-order valence-electron chi connectivity index (χ2n) is 3.21. The molecule has 0 spiro atoms. The van der Waals surface area contributed by atoms with Crippen molar-refractivity contribution in [1.29, 1.82) is 0 Å². The zero-order chi connectivity index (χ0) is 10.8. The first-order valence-corrected chi connectivity index (χ1v) is 6.04. The van der Waals surface area contributed by atoms with Crippen LogP contribution < -0.4 is 0 Å². The summed E-state index contributed by atoms with van der Waals surface area (Å²) < 4.78 is 0.941. The first-order chi connectivity index (χ1) is 7.16. The Morgan fingerprint density at radius 1 is 1.40 bits per heavy atom. The van der Waals surface area contributed by atoms with E-state index >= 15 is 0 Å². The normalized spacial score (nSPS) is 10.3. The van der Waals surface area contributed by atoms with Gasteiger partial charge in [0, 0.05) is 27.8 Å². The average Bonchev–Trinajstić information content (AvgIpc) is 2.64. The number of hydrogen-bond donors (Lipinski definition) is 0. The van der Waals surface area contributed by atoms with Crippen LogP contribution in [0.2, 0.25) is 0 Å². The first-order valence-electron chi connectivity index (χ1n) is 4.37. The van der Waals surface area contributed by atoms with Crippen molar-refractivity contribution in [3.8, 4) is 0 Å². The predicted octanol–water partition coefficient (Wildman–Crippen LogP) is 3.45. The van der Waals surface area contributed by atoms with Crippen molar-refractivity contribution in [2.24, 2.45) is 0 Å². The van der Waals surface area contributed by atoms with E-state index in [1.807, 2.05) is 24.4 Å². The summed E-state index contributed by atoms with van der Waals surface area (Å²) in [6, 6.07) is 3.68. The van der Waals surface area contributed by atoms with Gasteiger partial charge in [0.25, 0.3) is 0 Å². The average molecular weight is 282 g/mol. The van der Waals surface area contributed by atoms with Crippen LogP contribution in [0.15, 0.2) is 34.4 Å². The topological polar surface area (TPSA) is 30.0 Å². The van der Waals surface area contributed by atoms with Gasteiger partial charge in [0.05, 0.1) is 4.88 Å². The lowest BCUT2D eigenvalue weighted by atomic mass is 10.1. The highest BCUT2D eigenvalue weighted by atomic mass is 79.9. The number of aromatic nitrogens is 1. The van der Waals surface area contributed by atoms with Gasteiger partial charge in [0.15, 0.2) is 0 Å². The zero-order valence-electron chi connectivity index (χ0n) is 8.03. The van der Waals surface area contributed by atoms with E-state index < -0.39 is 0 Å². The fourth-order valence-electron chi connectivity index (χ4n) is 1.25. The molecule has 0 aliphatic rings. The molecule has 2 aromatic heterocycles. The lowest BCUT2D eigenvalue weighted by Crippen LogP contribution is -1.99. The first kappa shape index (κ1) is 10.5. The van der Waals surface area contributed by atoms with Crippen LogP contribution in [0, 0.1) is 6.92 Å². The lowest BCUT2D eigenvalue weighted by Gasteiger charge is -1.98. The van der Waals surface area contributed by atoms with Gasteiger partial charge in [-0.15, -0.1) is 11.3 Å². The number of aryl methyl sites for hydroxylation is 1. The van der Waals surface area contributed by atoms with Crippen molar-refractivity contribution in [2.45, 2.75) is 6.92 Å². The van der Waals surface area contributed by atoms with Crippen LogP contribution in [-0.4, -0.2) is 10.8 Å². The van der Waals surface area contributed by atoms with Crippen molar-refractivity contribution < 1.29 is 4.79 Å². The highest BCUT2D eigenvalue weighted by Gasteiger charge is 2.11. The van der Waals surface area contributed by atoms with Crippen molar-refractivity contribution in [2.75, 3.05) is 0 Å². The summed E-state index contributed by atoms with van der Waals surface area (Å²) in [5, 5.41) is 1.90. The van der Waals surface area contributed by atoms with E-state index in [4.69, 9.17) is 0 Å². The Morgan fingerprint density at radius 3 is 2.80 bits per heavy atom. The molecule has 0 atom stereocenters. The number of carbonyl (C=O) groups is 1. The molecule has 0 radical (unpaired) electrons. The van der Waals surface area contributed by atoms with Gasteiger partial charge >= 0.3 is 0 Å². The number of ketones is 1. The van der Waals surface area contributed by atoms with Gasteiger partial charge in [-0.2, -0.15) is 0 Å². The Bertz CT molecular complexity index is 507. The number of carbonyl (C=O) groups excluding carboxylic acids is 1. The Kier molecular flexibility index (Phi) is 2.98. The molecule has 0 saturated heterocycles. The molecule has 2 aromatic rings. The Morgan fingerprint density at radius 2 is 2.20 bits per heavy atom. The van der Waals surface area contributed by atoms with Gasteiger partial charge in [-0.3, -0.25) is 9.78 Å². The van der Waals surface area contributed by atoms with Crippen molar-refractivity contribution >= 4 is 33.0 Å². The molecule has 76 valence electrons. The minimum atomic E-state index is 0.0295. The maximum absolute atomic E-state index is 12.0. The molecule has 15 heavy (non-hydrogen) atoms. The molecule has 0 fully saturated rings. The molecule has 2 heterocycles. The molecular weight excluding hydrogens is 274 g/mol. The molecule has 0 aliphatic carbocycles. The summed E-state index contributed by atoms with van der Waals surface area (Å²) in [4.78, 5) is 16.7. The van der Waals surface area contributed by atoms with Crippen LogP contribution in [-0.2, 0) is 0 Å². The third-order valence-corrected chi connectivity index (χ3v) is 3.62. The number of nitrogens with zero attached hydrogens (tertiary/aromatic N) is 1. The monoisotopic (exact) mass is 281 g/mol. The van der Waals surface area contributed by atoms with Crippen molar-refractivity contribution in [3.05, 3.63) is 50.4 Å². The number of halogens is 1. The third-order valence-electron chi connectivity index (χ3n) is 1.93. The standard InChI is InChI=1S/C11H8BrNOS/c1-7-2-8(5-13-4-7)11(14)10-3-9(12)6-15-10/h2-6H,1H3. The van der Waals surface area contributed by atoms with E-state index in [0.717, 1.165) is 14.9 Å². The van der Waals surface area contributed by atoms with Crippen LogP contribution in [0.5, 0.6) is 0 Å². The number of thiophene rings is 1. The van der Waals surface area contributed by atoms with Gasteiger partial charge in [0.1, 0.15) is 0 Å². The van der Waals surface area contributed by atoms with Gasteiger partial charge in [-0.25, -0.2) is 0 Å². The summed E-state index contributed by atoms with van der Waals surface area (Å²) in [7, 11) is 0. The fraction of sp³-hybridized carbons (Fsp3) is 0.0909. The van der Waals surface area contributed by atoms with Crippen LogP contribution >= 0.6 is 27.3 Å². The highest BCUT2D eigenvalue weighted by Crippen LogP contribution is 2.22. The van der Waals surface area contributed by atoms with E-state index in [0.29, 0.717) is 5.56 Å². The third kappa shape index (κ3) is 2.33. The van der Waals surface area contributed by atoms with Gasteiger partial charge in [-0.05, 0) is 40.5 Å². The molecule has 2 rings (SSSR count). The molecular formula is C11H8BrNOS. The Labute approximate surface area is 100 Å². The maximum Gasteiger partial charge on any atom is 0.204 e. The lowest BCUT2D eigenvalue weighted by molar-refractivity contribution is 0.104. The minimum absolute atomic E-state index is 0.0295. The summed E-state index contributed by atoms with van der Waals surface area (Å²) in [6.45, 7) is 1.92. The summed E-state index contributed by atoms with van der Waals surface area (Å²) in [6.07, 6.45) is 3.34. The van der Waals surface area contributed by atoms with E-state index in [2.05, 4.69) is 20.9 Å². The molecule has 2 nitrogen and oxygen atoms in total. The summed E-state index contributed by atoms with van der Waals surface area (Å²) >= 11 is 4.76.